The molecule has 8 heteroatoms. The monoisotopic (exact) mass is 378 g/mol. The zero-order chi connectivity index (χ0) is 17.1. The van der Waals surface area contributed by atoms with Gasteiger partial charge in [-0.1, -0.05) is 35.3 Å². The van der Waals surface area contributed by atoms with Crippen LogP contribution in [0.5, 0.6) is 0 Å². The fraction of sp³-hybridized carbons (Fsp3) is 0.0625. The van der Waals surface area contributed by atoms with Crippen LogP contribution in [0.1, 0.15) is 20.9 Å². The highest BCUT2D eigenvalue weighted by Gasteiger charge is 2.13. The van der Waals surface area contributed by atoms with Crippen molar-refractivity contribution in [2.45, 2.75) is 6.92 Å². The van der Waals surface area contributed by atoms with E-state index in [0.717, 1.165) is 5.69 Å². The average molecular weight is 379 g/mol. The van der Waals surface area contributed by atoms with E-state index in [0.29, 0.717) is 26.3 Å². The second-order valence-corrected chi connectivity index (χ2v) is 6.60. The Morgan fingerprint density at radius 2 is 2.17 bits per heavy atom. The molecule has 0 atom stereocenters. The Morgan fingerprint density at radius 3 is 2.88 bits per heavy atom. The number of hydrazone groups is 1. The molecule has 1 amide bonds. The minimum Gasteiger partial charge on any atom is -0.266 e. The van der Waals surface area contributed by atoms with Crippen molar-refractivity contribution in [1.82, 2.24) is 15.2 Å². The van der Waals surface area contributed by atoms with Crippen molar-refractivity contribution >= 4 is 46.7 Å². The number of nitrogens with zero attached hydrogens (tertiary/aromatic N) is 3. The number of thiophene rings is 1. The number of nitrogens with one attached hydrogen (secondary N) is 1. The van der Waals surface area contributed by atoms with Gasteiger partial charge in [0.05, 0.1) is 28.0 Å². The normalized spacial score (nSPS) is 11.1. The Balaban J connectivity index is 1.82. The number of amides is 1. The molecular formula is C16H12Cl2N4OS. The molecule has 0 aliphatic heterocycles. The van der Waals surface area contributed by atoms with E-state index in [4.69, 9.17) is 23.2 Å². The van der Waals surface area contributed by atoms with Crippen molar-refractivity contribution in [2.24, 2.45) is 5.10 Å². The SMILES string of the molecule is Cc1nn(-c2cccc(Cl)c2)c(Cl)c1/C=N/NC(=O)c1cccs1. The standard InChI is InChI=1S/C16H12Cl2N4OS/c1-10-13(9-19-20-16(23)14-6-3-7-24-14)15(18)22(21-10)12-5-2-4-11(17)8-12/h2-9H,1H3,(H,20,23)/b19-9+. The first-order chi connectivity index (χ1) is 11.6. The summed E-state index contributed by atoms with van der Waals surface area (Å²) >= 11 is 13.7. The maximum absolute atomic E-state index is 11.8. The van der Waals surface area contributed by atoms with Crippen LogP contribution < -0.4 is 5.43 Å². The minimum absolute atomic E-state index is 0.266. The molecule has 0 fully saturated rings. The summed E-state index contributed by atoms with van der Waals surface area (Å²) in [6.07, 6.45) is 1.48. The van der Waals surface area contributed by atoms with Crippen LogP contribution >= 0.6 is 34.5 Å². The molecule has 2 aromatic heterocycles. The first kappa shape index (κ1) is 16.7. The van der Waals surface area contributed by atoms with Gasteiger partial charge in [0, 0.05) is 5.02 Å². The zero-order valence-corrected chi connectivity index (χ0v) is 14.9. The van der Waals surface area contributed by atoms with Crippen molar-refractivity contribution in [2.75, 3.05) is 0 Å². The minimum atomic E-state index is -0.266. The Labute approximate surface area is 152 Å². The van der Waals surface area contributed by atoms with E-state index in [2.05, 4.69) is 15.6 Å². The fourth-order valence-corrected chi connectivity index (χ4v) is 3.17. The Kier molecular flexibility index (Phi) is 4.99. The molecule has 5 nitrogen and oxygen atoms in total. The van der Waals surface area contributed by atoms with E-state index < -0.39 is 0 Å². The lowest BCUT2D eigenvalue weighted by atomic mass is 10.3. The topological polar surface area (TPSA) is 59.3 Å². The van der Waals surface area contributed by atoms with Crippen LogP contribution in [0.15, 0.2) is 46.9 Å². The van der Waals surface area contributed by atoms with Gasteiger partial charge in [-0.2, -0.15) is 10.2 Å². The van der Waals surface area contributed by atoms with E-state index in [1.165, 1.54) is 17.6 Å². The lowest BCUT2D eigenvalue weighted by Gasteiger charge is -2.03. The van der Waals surface area contributed by atoms with Crippen LogP contribution in [0.25, 0.3) is 5.69 Å². The Morgan fingerprint density at radius 1 is 1.33 bits per heavy atom. The summed E-state index contributed by atoms with van der Waals surface area (Å²) in [6, 6.07) is 10.7. The van der Waals surface area contributed by atoms with E-state index >= 15 is 0 Å². The second kappa shape index (κ2) is 7.17. The molecule has 1 aromatic carbocycles. The summed E-state index contributed by atoms with van der Waals surface area (Å²) < 4.78 is 1.57. The Hall–Kier alpha value is -2.15. The number of carbonyl (C=O) groups excluding carboxylic acids is 1. The predicted octanol–water partition coefficient (Wildman–Crippen LogP) is 4.31. The predicted molar refractivity (Wildman–Crippen MR) is 97.7 cm³/mol. The molecule has 122 valence electrons. The summed E-state index contributed by atoms with van der Waals surface area (Å²) in [7, 11) is 0. The van der Waals surface area contributed by atoms with Gasteiger partial charge in [-0.3, -0.25) is 4.79 Å². The third-order valence-electron chi connectivity index (χ3n) is 3.21. The van der Waals surface area contributed by atoms with Crippen LogP contribution in [0.2, 0.25) is 10.2 Å². The van der Waals surface area contributed by atoms with E-state index in [1.807, 2.05) is 24.4 Å². The van der Waals surface area contributed by atoms with Gasteiger partial charge in [0.25, 0.3) is 5.91 Å². The molecule has 0 aliphatic carbocycles. The number of halogens is 2. The molecule has 0 aliphatic rings. The zero-order valence-electron chi connectivity index (χ0n) is 12.5. The number of benzene rings is 1. The van der Waals surface area contributed by atoms with Crippen molar-refractivity contribution in [1.29, 1.82) is 0 Å². The van der Waals surface area contributed by atoms with Crippen LogP contribution in [0.4, 0.5) is 0 Å². The number of aryl methyl sites for hydroxylation is 1. The lowest BCUT2D eigenvalue weighted by molar-refractivity contribution is 0.0959. The van der Waals surface area contributed by atoms with Gasteiger partial charge in [0.15, 0.2) is 0 Å². The van der Waals surface area contributed by atoms with Gasteiger partial charge in [-0.15, -0.1) is 11.3 Å². The van der Waals surface area contributed by atoms with Crippen LogP contribution in [-0.2, 0) is 0 Å². The summed E-state index contributed by atoms with van der Waals surface area (Å²) in [6.45, 7) is 1.81. The van der Waals surface area contributed by atoms with Gasteiger partial charge < -0.3 is 0 Å². The number of carbonyl (C=O) groups is 1. The second-order valence-electron chi connectivity index (χ2n) is 4.86. The molecule has 3 rings (SSSR count). The van der Waals surface area contributed by atoms with Gasteiger partial charge in [-0.05, 0) is 36.6 Å². The van der Waals surface area contributed by atoms with E-state index in [9.17, 15) is 4.79 Å². The van der Waals surface area contributed by atoms with Crippen molar-refractivity contribution < 1.29 is 4.79 Å². The molecule has 0 bridgehead atoms. The molecule has 3 aromatic rings. The van der Waals surface area contributed by atoms with Gasteiger partial charge in [-0.25, -0.2) is 10.1 Å². The molecule has 2 heterocycles. The average Bonchev–Trinajstić information content (AvgIpc) is 3.18. The quantitative estimate of drug-likeness (QED) is 0.542. The fourth-order valence-electron chi connectivity index (χ4n) is 2.06. The molecule has 24 heavy (non-hydrogen) atoms. The molecule has 0 saturated heterocycles. The number of hydrogen-bond acceptors (Lipinski definition) is 4. The molecule has 0 spiro atoms. The number of hydrogen-bond donors (Lipinski definition) is 1. The summed E-state index contributed by atoms with van der Waals surface area (Å²) in [4.78, 5) is 12.4. The number of aromatic nitrogens is 2. The first-order valence-corrected chi connectivity index (χ1v) is 8.58. The van der Waals surface area contributed by atoms with Crippen LogP contribution in [0, 0.1) is 6.92 Å². The third-order valence-corrected chi connectivity index (χ3v) is 4.67. The van der Waals surface area contributed by atoms with E-state index in [-0.39, 0.29) is 5.91 Å². The molecule has 0 saturated carbocycles. The van der Waals surface area contributed by atoms with Crippen molar-refractivity contribution in [3.63, 3.8) is 0 Å². The van der Waals surface area contributed by atoms with Crippen molar-refractivity contribution in [3.8, 4) is 5.69 Å². The summed E-state index contributed by atoms with van der Waals surface area (Å²) in [5, 5.41) is 11.2. The van der Waals surface area contributed by atoms with Gasteiger partial charge in [0.1, 0.15) is 5.15 Å². The summed E-state index contributed by atoms with van der Waals surface area (Å²) in [5.74, 6) is -0.266. The third kappa shape index (κ3) is 3.51. The van der Waals surface area contributed by atoms with Gasteiger partial charge >= 0.3 is 0 Å². The molecule has 0 radical (unpaired) electrons. The van der Waals surface area contributed by atoms with E-state index in [1.54, 1.807) is 28.9 Å². The Bertz CT molecular complexity index is 903. The van der Waals surface area contributed by atoms with Crippen LogP contribution in [0.3, 0.4) is 0 Å². The largest absolute Gasteiger partial charge is 0.281 e. The number of rotatable bonds is 4. The summed E-state index contributed by atoms with van der Waals surface area (Å²) in [5.41, 5.74) is 4.54. The smallest absolute Gasteiger partial charge is 0.266 e. The highest BCUT2D eigenvalue weighted by atomic mass is 35.5. The maximum Gasteiger partial charge on any atom is 0.281 e. The highest BCUT2D eigenvalue weighted by molar-refractivity contribution is 7.12. The molecule has 1 N–H and O–H groups in total. The lowest BCUT2D eigenvalue weighted by Crippen LogP contribution is -2.16. The molecular weight excluding hydrogens is 367 g/mol. The van der Waals surface area contributed by atoms with Gasteiger partial charge in [0.2, 0.25) is 0 Å². The first-order valence-electron chi connectivity index (χ1n) is 6.94. The van der Waals surface area contributed by atoms with Crippen LogP contribution in [-0.4, -0.2) is 21.9 Å². The maximum atomic E-state index is 11.8. The highest BCUT2D eigenvalue weighted by Crippen LogP contribution is 2.23. The molecule has 0 unspecified atom stereocenters. The van der Waals surface area contributed by atoms with Crippen molar-refractivity contribution in [3.05, 3.63) is 68.1 Å².